The Hall–Kier alpha value is -2.51. The first-order valence-electron chi connectivity index (χ1n) is 13.3. The van der Waals surface area contributed by atoms with Crippen LogP contribution in [0, 0.1) is 17.7 Å². The number of amides is 1. The molecule has 36 heavy (non-hydrogen) atoms. The number of hydrogen-bond acceptors (Lipinski definition) is 4. The summed E-state index contributed by atoms with van der Waals surface area (Å²) in [6.07, 6.45) is 2.59. The third kappa shape index (κ3) is 5.28. The second-order valence-corrected chi connectivity index (χ2v) is 10.9. The Bertz CT molecular complexity index is 1020. The van der Waals surface area contributed by atoms with Crippen LogP contribution in [0.3, 0.4) is 0 Å². The Morgan fingerprint density at radius 2 is 1.75 bits per heavy atom. The molecule has 2 aromatic rings. The van der Waals surface area contributed by atoms with Crippen LogP contribution in [-0.2, 0) is 16.7 Å². The number of nitrogens with two attached hydrogens (primary N) is 1. The molecule has 1 amide bonds. The highest BCUT2D eigenvalue weighted by Crippen LogP contribution is 2.52. The normalized spacial score (nSPS) is 25.8. The van der Waals surface area contributed by atoms with Crippen molar-refractivity contribution in [1.29, 1.82) is 0 Å². The largest absolute Gasteiger partial charge is 0.446 e. The number of likely N-dealkylation sites (tertiary alicyclic amines) is 2. The van der Waals surface area contributed by atoms with Gasteiger partial charge in [-0.25, -0.2) is 13.6 Å². The van der Waals surface area contributed by atoms with Gasteiger partial charge in [-0.05, 0) is 74.4 Å². The number of carbonyl (C=O) groups excluding carboxylic acids is 1. The van der Waals surface area contributed by atoms with Crippen LogP contribution in [0.4, 0.5) is 13.6 Å². The fraction of sp³-hybridized carbons (Fsp3) is 0.552. The summed E-state index contributed by atoms with van der Waals surface area (Å²) < 4.78 is 34.3. The number of rotatable bonds is 8. The Morgan fingerprint density at radius 1 is 1.00 bits per heavy atom. The smallest absolute Gasteiger partial charge is 0.404 e. The van der Waals surface area contributed by atoms with Crippen LogP contribution >= 0.6 is 0 Å². The third-order valence-electron chi connectivity index (χ3n) is 8.71. The molecule has 1 saturated carbocycles. The average molecular weight is 498 g/mol. The highest BCUT2D eigenvalue weighted by Gasteiger charge is 2.54. The van der Waals surface area contributed by atoms with Gasteiger partial charge in [0.05, 0.1) is 0 Å². The number of hydrogen-bond donors (Lipinski definition) is 1. The summed E-state index contributed by atoms with van der Waals surface area (Å²) in [6.45, 7) is 4.24. The van der Waals surface area contributed by atoms with E-state index in [1.807, 2.05) is 12.1 Å². The first kappa shape index (κ1) is 25.2. The first-order chi connectivity index (χ1) is 17.4. The minimum absolute atomic E-state index is 0.0103. The monoisotopic (exact) mass is 497 g/mol. The summed E-state index contributed by atoms with van der Waals surface area (Å²) in [6, 6.07) is 17.4. The van der Waals surface area contributed by atoms with Crippen molar-refractivity contribution in [2.45, 2.75) is 56.3 Å². The highest BCUT2D eigenvalue weighted by atomic mass is 19.1. The lowest BCUT2D eigenvalue weighted by molar-refractivity contribution is -0.0312. The summed E-state index contributed by atoms with van der Waals surface area (Å²) in [5.41, 5.74) is 7.27. The fourth-order valence-corrected chi connectivity index (χ4v) is 7.13. The zero-order chi connectivity index (χ0) is 25.1. The van der Waals surface area contributed by atoms with Gasteiger partial charge in [0.2, 0.25) is 0 Å². The summed E-state index contributed by atoms with van der Waals surface area (Å²) >= 11 is 0. The maximum atomic E-state index is 14.7. The molecule has 2 saturated heterocycles. The maximum Gasteiger partial charge on any atom is 0.404 e. The lowest BCUT2D eigenvalue weighted by Gasteiger charge is -2.53. The first-order valence-corrected chi connectivity index (χ1v) is 13.3. The quantitative estimate of drug-likeness (QED) is 0.564. The van der Waals surface area contributed by atoms with Gasteiger partial charge in [0.15, 0.2) is 0 Å². The Balaban J connectivity index is 1.47. The topological polar surface area (TPSA) is 58.8 Å². The van der Waals surface area contributed by atoms with Gasteiger partial charge in [-0.3, -0.25) is 9.80 Å². The van der Waals surface area contributed by atoms with Crippen LogP contribution in [0.25, 0.3) is 0 Å². The lowest BCUT2D eigenvalue weighted by atomic mass is 9.58. The van der Waals surface area contributed by atoms with E-state index in [-0.39, 0.29) is 23.8 Å². The zero-order valence-corrected chi connectivity index (χ0v) is 20.8. The highest BCUT2D eigenvalue weighted by molar-refractivity contribution is 5.65. The second kappa shape index (κ2) is 10.9. The van der Waals surface area contributed by atoms with Gasteiger partial charge in [0, 0.05) is 37.5 Å². The molecule has 3 atom stereocenters. The SMILES string of the molecule is NC(=O)O[C@H]1CCC[C@@H]1[C@](CN1CC(F)C1)(c1cccc(F)c1)C1CCN(Cc2ccccc2)CC1. The van der Waals surface area contributed by atoms with Crippen LogP contribution in [0.5, 0.6) is 0 Å². The summed E-state index contributed by atoms with van der Waals surface area (Å²) in [5, 5.41) is 0. The van der Waals surface area contributed by atoms with Crippen molar-refractivity contribution in [2.24, 2.45) is 17.6 Å². The number of piperidine rings is 1. The van der Waals surface area contributed by atoms with Gasteiger partial charge in [0.25, 0.3) is 0 Å². The van der Waals surface area contributed by atoms with E-state index >= 15 is 0 Å². The number of ether oxygens (including phenoxy) is 1. The molecule has 5 rings (SSSR count). The minimum Gasteiger partial charge on any atom is -0.446 e. The van der Waals surface area contributed by atoms with E-state index in [0.29, 0.717) is 19.6 Å². The lowest BCUT2D eigenvalue weighted by Crippen LogP contribution is -2.60. The van der Waals surface area contributed by atoms with Crippen LogP contribution in [0.2, 0.25) is 0 Å². The summed E-state index contributed by atoms with van der Waals surface area (Å²) in [4.78, 5) is 16.5. The number of alkyl halides is 1. The molecule has 0 unspecified atom stereocenters. The Labute approximate surface area is 212 Å². The van der Waals surface area contributed by atoms with E-state index in [1.165, 1.54) is 11.6 Å². The Morgan fingerprint density at radius 3 is 2.42 bits per heavy atom. The van der Waals surface area contributed by atoms with Crippen LogP contribution < -0.4 is 5.73 Å². The van der Waals surface area contributed by atoms with Gasteiger partial charge in [0.1, 0.15) is 18.1 Å². The average Bonchev–Trinajstić information content (AvgIpc) is 3.30. The molecule has 2 N–H and O–H groups in total. The molecule has 0 bridgehead atoms. The Kier molecular flexibility index (Phi) is 7.58. The van der Waals surface area contributed by atoms with Crippen LogP contribution in [0.1, 0.15) is 43.2 Å². The molecule has 3 aliphatic rings. The summed E-state index contributed by atoms with van der Waals surface area (Å²) in [7, 11) is 0. The molecular formula is C29H37F2N3O2. The molecule has 1 aliphatic carbocycles. The zero-order valence-electron chi connectivity index (χ0n) is 20.8. The van der Waals surface area contributed by atoms with Crippen molar-refractivity contribution >= 4 is 6.09 Å². The van der Waals surface area contributed by atoms with E-state index in [1.54, 1.807) is 12.1 Å². The van der Waals surface area contributed by atoms with Crippen molar-refractivity contribution in [3.05, 3.63) is 71.5 Å². The van der Waals surface area contributed by atoms with Crippen molar-refractivity contribution < 1.29 is 18.3 Å². The van der Waals surface area contributed by atoms with Crippen molar-refractivity contribution in [3.8, 4) is 0 Å². The number of halogens is 2. The van der Waals surface area contributed by atoms with Gasteiger partial charge < -0.3 is 10.5 Å². The van der Waals surface area contributed by atoms with E-state index in [0.717, 1.165) is 57.3 Å². The second-order valence-electron chi connectivity index (χ2n) is 10.9. The predicted molar refractivity (Wildman–Crippen MR) is 136 cm³/mol. The minimum atomic E-state index is -0.816. The van der Waals surface area contributed by atoms with E-state index in [2.05, 4.69) is 34.1 Å². The molecule has 0 aromatic heterocycles. The molecule has 2 aromatic carbocycles. The van der Waals surface area contributed by atoms with Crippen molar-refractivity contribution in [2.75, 3.05) is 32.7 Å². The van der Waals surface area contributed by atoms with Crippen LogP contribution in [-0.4, -0.2) is 60.9 Å². The van der Waals surface area contributed by atoms with E-state index in [9.17, 15) is 13.6 Å². The maximum absolute atomic E-state index is 14.7. The van der Waals surface area contributed by atoms with Crippen LogP contribution in [0.15, 0.2) is 54.6 Å². The molecule has 5 nitrogen and oxygen atoms in total. The standard InChI is InChI=1S/C29H37F2N3O2/c30-24-9-4-8-23(16-24)29(20-34-18-25(31)19-34,26-10-5-11-27(26)36-28(32)35)22-12-14-33(15-13-22)17-21-6-2-1-3-7-21/h1-4,6-9,16,22,25-27H,5,10-15,17-20H2,(H2,32,35)/t26-,27-,29-/m0/s1. The molecule has 3 fully saturated rings. The van der Waals surface area contributed by atoms with E-state index < -0.39 is 17.7 Å². The van der Waals surface area contributed by atoms with Gasteiger partial charge in [-0.1, -0.05) is 42.5 Å². The van der Waals surface area contributed by atoms with Gasteiger partial charge in [-0.15, -0.1) is 0 Å². The third-order valence-corrected chi connectivity index (χ3v) is 8.71. The van der Waals surface area contributed by atoms with E-state index in [4.69, 9.17) is 10.5 Å². The predicted octanol–water partition coefficient (Wildman–Crippen LogP) is 4.89. The molecular weight excluding hydrogens is 460 g/mol. The molecule has 0 radical (unpaired) electrons. The van der Waals surface area contributed by atoms with Gasteiger partial charge >= 0.3 is 6.09 Å². The molecule has 194 valence electrons. The molecule has 0 spiro atoms. The van der Waals surface area contributed by atoms with Gasteiger partial charge in [-0.2, -0.15) is 0 Å². The van der Waals surface area contributed by atoms with Crippen molar-refractivity contribution in [1.82, 2.24) is 9.80 Å². The number of primary amides is 1. The molecule has 7 heteroatoms. The molecule has 2 heterocycles. The number of benzene rings is 2. The molecule has 2 aliphatic heterocycles. The fourth-order valence-electron chi connectivity index (χ4n) is 7.13. The summed E-state index contributed by atoms with van der Waals surface area (Å²) in [5.74, 6) is -0.000992. The van der Waals surface area contributed by atoms with Crippen molar-refractivity contribution in [3.63, 3.8) is 0 Å². The number of carbonyl (C=O) groups is 1. The number of nitrogens with zero attached hydrogens (tertiary/aromatic N) is 2.